The Kier molecular flexibility index (Phi) is 10.3. The number of rotatable bonds is 13. The van der Waals surface area contributed by atoms with Crippen molar-refractivity contribution in [3.8, 4) is 0 Å². The number of hydrogen-bond donors (Lipinski definition) is 3. The van der Waals surface area contributed by atoms with Gasteiger partial charge in [-0.15, -0.1) is 0 Å². The number of unbranched alkanes of at least 4 members (excludes halogenated alkanes) is 6. The number of carbonyl (C=O) groups is 2. The van der Waals surface area contributed by atoms with Crippen molar-refractivity contribution in [3.05, 3.63) is 11.5 Å². The van der Waals surface area contributed by atoms with Gasteiger partial charge in [0.1, 0.15) is 17.3 Å². The zero-order valence-corrected chi connectivity index (χ0v) is 15.5. The second-order valence-electron chi connectivity index (χ2n) is 7.23. The van der Waals surface area contributed by atoms with Crippen molar-refractivity contribution < 1.29 is 24.9 Å². The van der Waals surface area contributed by atoms with Crippen LogP contribution in [0.1, 0.15) is 90.4 Å². The minimum atomic E-state index is -0.758. The molecule has 5 heteroatoms. The van der Waals surface area contributed by atoms with E-state index in [9.17, 15) is 19.8 Å². The highest BCUT2D eigenvalue weighted by Crippen LogP contribution is 2.38. The van der Waals surface area contributed by atoms with E-state index in [0.717, 1.165) is 57.8 Å². The first-order chi connectivity index (χ1) is 12.0. The third-order valence-electron chi connectivity index (χ3n) is 5.15. The van der Waals surface area contributed by atoms with Crippen molar-refractivity contribution in [2.24, 2.45) is 11.8 Å². The average molecular weight is 354 g/mol. The fourth-order valence-electron chi connectivity index (χ4n) is 3.66. The normalized spacial score (nSPS) is 21.4. The van der Waals surface area contributed by atoms with Crippen molar-refractivity contribution in [2.75, 3.05) is 0 Å². The molecule has 1 saturated carbocycles. The lowest BCUT2D eigenvalue weighted by molar-refractivity contribution is -0.137. The first-order valence-corrected chi connectivity index (χ1v) is 9.82. The fourth-order valence-corrected chi connectivity index (χ4v) is 3.66. The predicted octanol–water partition coefficient (Wildman–Crippen LogP) is 5.30. The predicted molar refractivity (Wildman–Crippen MR) is 97.6 cm³/mol. The number of carboxylic acid groups (broad SMARTS) is 1. The van der Waals surface area contributed by atoms with Crippen LogP contribution in [0.2, 0.25) is 0 Å². The Labute approximate surface area is 151 Å². The molecule has 25 heavy (non-hydrogen) atoms. The summed E-state index contributed by atoms with van der Waals surface area (Å²) in [7, 11) is 0. The van der Waals surface area contributed by atoms with Crippen LogP contribution in [0.4, 0.5) is 0 Å². The van der Waals surface area contributed by atoms with Crippen LogP contribution >= 0.6 is 0 Å². The summed E-state index contributed by atoms with van der Waals surface area (Å²) in [6, 6.07) is 0. The molecule has 0 radical (unpaired) electrons. The third-order valence-corrected chi connectivity index (χ3v) is 5.15. The Morgan fingerprint density at radius 3 is 2.28 bits per heavy atom. The molecule has 0 saturated heterocycles. The van der Waals surface area contributed by atoms with Crippen LogP contribution in [0, 0.1) is 11.8 Å². The Balaban J connectivity index is 2.43. The highest BCUT2D eigenvalue weighted by Gasteiger charge is 2.38. The van der Waals surface area contributed by atoms with Crippen LogP contribution in [0.25, 0.3) is 0 Å². The van der Waals surface area contributed by atoms with Crippen LogP contribution in [-0.4, -0.2) is 27.1 Å². The molecule has 0 amide bonds. The van der Waals surface area contributed by atoms with Crippen molar-refractivity contribution >= 4 is 11.8 Å². The molecule has 0 spiro atoms. The lowest BCUT2D eigenvalue weighted by Gasteiger charge is -2.19. The van der Waals surface area contributed by atoms with Crippen LogP contribution in [0.5, 0.6) is 0 Å². The molecule has 0 aromatic rings. The van der Waals surface area contributed by atoms with Gasteiger partial charge in [-0.25, -0.2) is 0 Å². The monoisotopic (exact) mass is 354 g/mol. The first-order valence-electron chi connectivity index (χ1n) is 9.82. The van der Waals surface area contributed by atoms with Gasteiger partial charge in [0.05, 0.1) is 5.92 Å². The van der Waals surface area contributed by atoms with Crippen LogP contribution in [0.3, 0.4) is 0 Å². The lowest BCUT2D eigenvalue weighted by Crippen LogP contribution is -2.19. The van der Waals surface area contributed by atoms with Crippen LogP contribution < -0.4 is 0 Å². The molecule has 0 heterocycles. The van der Waals surface area contributed by atoms with Crippen LogP contribution in [0.15, 0.2) is 11.5 Å². The number of aliphatic hydroxyl groups is 2. The van der Waals surface area contributed by atoms with E-state index in [-0.39, 0.29) is 29.6 Å². The standard InChI is InChI=1S/C20H34O5/c1-2-3-4-8-11-17(22)20(25)19-15(13-14-16(19)21)10-7-5-6-9-12-18(23)24/h15,19,22,25H,2-14H2,1H3,(H,23,24)/t15-,19+/m0/s1. The smallest absolute Gasteiger partial charge is 0.303 e. The summed E-state index contributed by atoms with van der Waals surface area (Å²) in [5.74, 6) is -1.27. The summed E-state index contributed by atoms with van der Waals surface area (Å²) in [5.41, 5.74) is 0. The van der Waals surface area contributed by atoms with Crippen molar-refractivity contribution in [1.29, 1.82) is 0 Å². The fraction of sp³-hybridized carbons (Fsp3) is 0.800. The topological polar surface area (TPSA) is 94.8 Å². The summed E-state index contributed by atoms with van der Waals surface area (Å²) in [4.78, 5) is 22.6. The molecule has 1 aliphatic rings. The zero-order valence-electron chi connectivity index (χ0n) is 15.5. The largest absolute Gasteiger partial charge is 0.509 e. The van der Waals surface area contributed by atoms with Crippen molar-refractivity contribution in [2.45, 2.75) is 90.4 Å². The highest BCUT2D eigenvalue weighted by atomic mass is 16.4. The Bertz CT molecular complexity index is 455. The lowest BCUT2D eigenvalue weighted by atomic mass is 9.87. The summed E-state index contributed by atoms with van der Waals surface area (Å²) in [6.07, 6.45) is 10.3. The van der Waals surface area contributed by atoms with Gasteiger partial charge in [-0.05, 0) is 31.6 Å². The molecule has 0 bridgehead atoms. The molecule has 0 aromatic heterocycles. The van der Waals surface area contributed by atoms with E-state index in [1.54, 1.807) is 0 Å². The van der Waals surface area contributed by atoms with E-state index in [4.69, 9.17) is 5.11 Å². The number of aliphatic carboxylic acids is 1. The Hall–Kier alpha value is -1.52. The maximum atomic E-state index is 12.1. The molecule has 1 aliphatic carbocycles. The van der Waals surface area contributed by atoms with E-state index in [0.29, 0.717) is 19.3 Å². The maximum Gasteiger partial charge on any atom is 0.303 e. The molecule has 1 rings (SSSR count). The first kappa shape index (κ1) is 21.5. The summed E-state index contributed by atoms with van der Waals surface area (Å²) < 4.78 is 0. The average Bonchev–Trinajstić information content (AvgIpc) is 2.94. The molecular formula is C20H34O5. The molecule has 0 unspecified atom stereocenters. The quantitative estimate of drug-likeness (QED) is 0.308. The highest BCUT2D eigenvalue weighted by molar-refractivity contribution is 5.85. The third kappa shape index (κ3) is 7.93. The van der Waals surface area contributed by atoms with Gasteiger partial charge >= 0.3 is 5.97 Å². The maximum absolute atomic E-state index is 12.1. The number of hydrogen-bond acceptors (Lipinski definition) is 4. The number of carbonyl (C=O) groups excluding carboxylic acids is 1. The summed E-state index contributed by atoms with van der Waals surface area (Å²) in [6.45, 7) is 2.12. The Morgan fingerprint density at radius 2 is 1.60 bits per heavy atom. The number of aliphatic hydroxyl groups excluding tert-OH is 2. The molecule has 1 fully saturated rings. The number of Topliss-reactive ketones (excluding diaryl/α,β-unsaturated/α-hetero) is 1. The summed E-state index contributed by atoms with van der Waals surface area (Å²) >= 11 is 0. The van der Waals surface area contributed by atoms with E-state index >= 15 is 0 Å². The Morgan fingerprint density at radius 1 is 0.960 bits per heavy atom. The van der Waals surface area contributed by atoms with Gasteiger partial charge < -0.3 is 15.3 Å². The number of carboxylic acids is 1. The van der Waals surface area contributed by atoms with Crippen molar-refractivity contribution in [1.82, 2.24) is 0 Å². The zero-order chi connectivity index (χ0) is 18.7. The van der Waals surface area contributed by atoms with Gasteiger partial charge in [0.2, 0.25) is 0 Å². The minimum Gasteiger partial charge on any atom is -0.509 e. The number of ketones is 1. The van der Waals surface area contributed by atoms with Crippen LogP contribution in [-0.2, 0) is 9.59 Å². The molecular weight excluding hydrogens is 320 g/mol. The van der Waals surface area contributed by atoms with E-state index < -0.39 is 11.9 Å². The van der Waals surface area contributed by atoms with Gasteiger partial charge in [0, 0.05) is 19.3 Å². The molecule has 3 N–H and O–H groups in total. The molecule has 0 aromatic carbocycles. The summed E-state index contributed by atoms with van der Waals surface area (Å²) in [5, 5.41) is 29.1. The van der Waals surface area contributed by atoms with E-state index in [1.807, 2.05) is 0 Å². The van der Waals surface area contributed by atoms with Gasteiger partial charge in [0.25, 0.3) is 0 Å². The van der Waals surface area contributed by atoms with Gasteiger partial charge in [-0.2, -0.15) is 0 Å². The second-order valence-corrected chi connectivity index (χ2v) is 7.23. The number of allylic oxidation sites excluding steroid dienone is 2. The molecule has 0 aliphatic heterocycles. The van der Waals surface area contributed by atoms with Crippen molar-refractivity contribution in [3.63, 3.8) is 0 Å². The SMILES string of the molecule is CCCCCCC(O)=C(O)[C@H]1C(=O)CC[C@@H]1CCCCCCC(=O)O. The molecule has 5 nitrogen and oxygen atoms in total. The molecule has 144 valence electrons. The van der Waals surface area contributed by atoms with Gasteiger partial charge in [-0.3, -0.25) is 9.59 Å². The van der Waals surface area contributed by atoms with Gasteiger partial charge in [0.15, 0.2) is 0 Å². The van der Waals surface area contributed by atoms with E-state index in [2.05, 4.69) is 6.92 Å². The van der Waals surface area contributed by atoms with E-state index in [1.165, 1.54) is 0 Å². The van der Waals surface area contributed by atoms with Gasteiger partial charge in [-0.1, -0.05) is 45.4 Å². The minimum absolute atomic E-state index is 0.0113. The second kappa shape index (κ2) is 11.9. The molecule has 2 atom stereocenters.